The number of benzene rings is 1. The monoisotopic (exact) mass is 361 g/mol. The lowest BCUT2D eigenvalue weighted by Crippen LogP contribution is -2.30. The summed E-state index contributed by atoms with van der Waals surface area (Å²) >= 11 is 6.18. The number of nitrogens with zero attached hydrogens (tertiary/aromatic N) is 1. The molecule has 3 aromatic rings. The number of hydrogen-bond donors (Lipinski definition) is 2. The minimum atomic E-state index is -0.449. The fourth-order valence-corrected chi connectivity index (χ4v) is 2.60. The van der Waals surface area contributed by atoms with Crippen LogP contribution in [0.2, 0.25) is 5.02 Å². The van der Waals surface area contributed by atoms with Crippen LogP contribution >= 0.6 is 11.6 Å². The van der Waals surface area contributed by atoms with Gasteiger partial charge in [-0.1, -0.05) is 11.6 Å². The molecule has 130 valence electrons. The summed E-state index contributed by atoms with van der Waals surface area (Å²) in [7, 11) is 0. The van der Waals surface area contributed by atoms with Crippen molar-refractivity contribution in [1.29, 1.82) is 0 Å². The van der Waals surface area contributed by atoms with E-state index in [4.69, 9.17) is 20.8 Å². The van der Waals surface area contributed by atoms with E-state index in [9.17, 15) is 9.59 Å². The van der Waals surface area contributed by atoms with Gasteiger partial charge in [0.05, 0.1) is 11.3 Å². The number of amides is 1. The second-order valence-electron chi connectivity index (χ2n) is 5.49. The van der Waals surface area contributed by atoms with Gasteiger partial charge in [-0.05, 0) is 18.6 Å². The fourth-order valence-electron chi connectivity index (χ4n) is 2.38. The van der Waals surface area contributed by atoms with Crippen molar-refractivity contribution in [3.05, 3.63) is 57.4 Å². The van der Waals surface area contributed by atoms with Crippen molar-refractivity contribution in [3.8, 4) is 5.75 Å². The van der Waals surface area contributed by atoms with Crippen LogP contribution in [0.15, 0.2) is 39.9 Å². The first kappa shape index (κ1) is 17.0. The van der Waals surface area contributed by atoms with E-state index in [-0.39, 0.29) is 18.3 Å². The quantitative estimate of drug-likeness (QED) is 0.656. The maximum Gasteiger partial charge on any atom is 0.336 e. The van der Waals surface area contributed by atoms with Gasteiger partial charge in [0, 0.05) is 42.4 Å². The molecule has 0 saturated carbocycles. The van der Waals surface area contributed by atoms with Crippen molar-refractivity contribution >= 4 is 28.5 Å². The number of carbonyl (C=O) groups is 1. The summed E-state index contributed by atoms with van der Waals surface area (Å²) in [6, 6.07) is 4.57. The standard InChI is InChI=1S/C17H16ClN3O4/c1-10-4-17(23)25-14-6-15(13(18)5-12(10)14)24-8-16(22)20-3-2-11-7-19-9-21-11/h4-7,9H,2-3,8H2,1H3,(H,19,21)(H,20,22). The zero-order chi connectivity index (χ0) is 17.8. The number of aromatic amines is 1. The van der Waals surface area contributed by atoms with E-state index in [0.717, 1.165) is 16.6 Å². The van der Waals surface area contributed by atoms with Crippen LogP contribution in [0.3, 0.4) is 0 Å². The topological polar surface area (TPSA) is 97.2 Å². The molecule has 0 aliphatic heterocycles. The number of ether oxygens (including phenoxy) is 1. The highest BCUT2D eigenvalue weighted by molar-refractivity contribution is 6.32. The third-order valence-electron chi connectivity index (χ3n) is 3.63. The maximum atomic E-state index is 11.8. The number of hydrogen-bond acceptors (Lipinski definition) is 5. The summed E-state index contributed by atoms with van der Waals surface area (Å²) < 4.78 is 10.6. The molecule has 2 heterocycles. The molecule has 0 bridgehead atoms. The van der Waals surface area contributed by atoms with E-state index in [2.05, 4.69) is 15.3 Å². The molecule has 0 radical (unpaired) electrons. The van der Waals surface area contributed by atoms with Gasteiger partial charge in [-0.25, -0.2) is 9.78 Å². The zero-order valence-electron chi connectivity index (χ0n) is 13.5. The van der Waals surface area contributed by atoms with E-state index >= 15 is 0 Å². The van der Waals surface area contributed by atoms with Crippen LogP contribution in [0.5, 0.6) is 5.75 Å². The fraction of sp³-hybridized carbons (Fsp3) is 0.235. The first-order valence-corrected chi connectivity index (χ1v) is 8.01. The number of imidazole rings is 1. The van der Waals surface area contributed by atoms with Crippen LogP contribution in [0.4, 0.5) is 0 Å². The van der Waals surface area contributed by atoms with Gasteiger partial charge in [0.2, 0.25) is 0 Å². The predicted molar refractivity (Wildman–Crippen MR) is 93.0 cm³/mol. The summed E-state index contributed by atoms with van der Waals surface area (Å²) in [6.07, 6.45) is 3.93. The lowest BCUT2D eigenvalue weighted by atomic mass is 10.1. The van der Waals surface area contributed by atoms with Crippen molar-refractivity contribution in [1.82, 2.24) is 15.3 Å². The average molecular weight is 362 g/mol. The second-order valence-corrected chi connectivity index (χ2v) is 5.90. The van der Waals surface area contributed by atoms with E-state index in [1.165, 1.54) is 12.1 Å². The van der Waals surface area contributed by atoms with E-state index in [0.29, 0.717) is 23.6 Å². The normalized spacial score (nSPS) is 10.8. The first-order chi connectivity index (χ1) is 12.0. The summed E-state index contributed by atoms with van der Waals surface area (Å²) in [6.45, 7) is 2.07. The van der Waals surface area contributed by atoms with Crippen LogP contribution < -0.4 is 15.7 Å². The van der Waals surface area contributed by atoms with Gasteiger partial charge < -0.3 is 19.5 Å². The van der Waals surface area contributed by atoms with Gasteiger partial charge in [0.25, 0.3) is 5.91 Å². The highest BCUT2D eigenvalue weighted by atomic mass is 35.5. The molecule has 1 amide bonds. The van der Waals surface area contributed by atoms with Gasteiger partial charge in [-0.3, -0.25) is 4.79 Å². The van der Waals surface area contributed by atoms with Crippen molar-refractivity contribution in [2.75, 3.05) is 13.2 Å². The molecule has 2 aromatic heterocycles. The molecule has 0 unspecified atom stereocenters. The molecule has 1 aromatic carbocycles. The van der Waals surface area contributed by atoms with Gasteiger partial charge in [-0.15, -0.1) is 0 Å². The lowest BCUT2D eigenvalue weighted by Gasteiger charge is -2.10. The zero-order valence-corrected chi connectivity index (χ0v) is 14.2. The molecule has 25 heavy (non-hydrogen) atoms. The Balaban J connectivity index is 1.61. The molecule has 0 saturated heterocycles. The minimum Gasteiger partial charge on any atom is -0.482 e. The number of aryl methyl sites for hydroxylation is 1. The molecule has 3 rings (SSSR count). The Hall–Kier alpha value is -2.80. The molecule has 8 heteroatoms. The van der Waals surface area contributed by atoms with Crippen molar-refractivity contribution in [2.24, 2.45) is 0 Å². The number of aromatic nitrogens is 2. The maximum absolute atomic E-state index is 11.8. The Kier molecular flexibility index (Phi) is 5.04. The summed E-state index contributed by atoms with van der Waals surface area (Å²) in [4.78, 5) is 30.2. The van der Waals surface area contributed by atoms with Crippen LogP contribution in [-0.4, -0.2) is 29.0 Å². The van der Waals surface area contributed by atoms with E-state index in [1.54, 1.807) is 25.5 Å². The summed E-state index contributed by atoms with van der Waals surface area (Å²) in [5, 5.41) is 3.80. The Morgan fingerprint density at radius 3 is 3.00 bits per heavy atom. The largest absolute Gasteiger partial charge is 0.482 e. The van der Waals surface area contributed by atoms with Gasteiger partial charge in [-0.2, -0.15) is 0 Å². The molecular formula is C17H16ClN3O4. The highest BCUT2D eigenvalue weighted by Gasteiger charge is 2.11. The Morgan fingerprint density at radius 1 is 1.40 bits per heavy atom. The number of rotatable bonds is 6. The molecule has 2 N–H and O–H groups in total. The Labute approximate surface area is 148 Å². The predicted octanol–water partition coefficient (Wildman–Crippen LogP) is 2.22. The minimum absolute atomic E-state index is 0.190. The van der Waals surface area contributed by atoms with Crippen molar-refractivity contribution in [3.63, 3.8) is 0 Å². The van der Waals surface area contributed by atoms with Gasteiger partial charge >= 0.3 is 5.63 Å². The molecule has 7 nitrogen and oxygen atoms in total. The molecule has 0 spiro atoms. The van der Waals surface area contributed by atoms with Crippen molar-refractivity contribution in [2.45, 2.75) is 13.3 Å². The molecule has 0 fully saturated rings. The van der Waals surface area contributed by atoms with Crippen LogP contribution in [0, 0.1) is 6.92 Å². The number of H-pyrrole nitrogens is 1. The van der Waals surface area contributed by atoms with Crippen molar-refractivity contribution < 1.29 is 13.9 Å². The number of nitrogens with one attached hydrogen (secondary N) is 2. The average Bonchev–Trinajstić information content (AvgIpc) is 3.07. The number of carbonyl (C=O) groups excluding carboxylic acids is 1. The first-order valence-electron chi connectivity index (χ1n) is 7.63. The Bertz CT molecular complexity index is 950. The second kappa shape index (κ2) is 7.40. The van der Waals surface area contributed by atoms with Crippen LogP contribution in [-0.2, 0) is 11.2 Å². The third-order valence-corrected chi connectivity index (χ3v) is 3.93. The third kappa shape index (κ3) is 4.19. The SMILES string of the molecule is Cc1cc(=O)oc2cc(OCC(=O)NCCc3cnc[nH]3)c(Cl)cc12. The van der Waals surface area contributed by atoms with E-state index in [1.807, 2.05) is 0 Å². The smallest absolute Gasteiger partial charge is 0.336 e. The van der Waals surface area contributed by atoms with Gasteiger partial charge in [0.1, 0.15) is 11.3 Å². The molecule has 0 aliphatic rings. The van der Waals surface area contributed by atoms with Gasteiger partial charge in [0.15, 0.2) is 6.61 Å². The molecular weight excluding hydrogens is 346 g/mol. The van der Waals surface area contributed by atoms with E-state index < -0.39 is 5.63 Å². The highest BCUT2D eigenvalue weighted by Crippen LogP contribution is 2.30. The summed E-state index contributed by atoms with van der Waals surface area (Å²) in [5.74, 6) is 0.00742. The van der Waals surface area contributed by atoms with Crippen LogP contribution in [0.1, 0.15) is 11.3 Å². The Morgan fingerprint density at radius 2 is 2.24 bits per heavy atom. The molecule has 0 aliphatic carbocycles. The number of halogens is 1. The summed E-state index contributed by atoms with van der Waals surface area (Å²) in [5.41, 5.74) is 1.61. The lowest BCUT2D eigenvalue weighted by molar-refractivity contribution is -0.123. The molecule has 0 atom stereocenters. The number of fused-ring (bicyclic) bond motifs is 1. The van der Waals surface area contributed by atoms with Crippen LogP contribution in [0.25, 0.3) is 11.0 Å².